The minimum atomic E-state index is -0.372. The van der Waals surface area contributed by atoms with Crippen molar-refractivity contribution in [3.8, 4) is 0 Å². The minimum absolute atomic E-state index is 0.0829. The minimum Gasteiger partial charge on any atom is -0.329 e. The lowest BCUT2D eigenvalue weighted by molar-refractivity contribution is -0.163. The van der Waals surface area contributed by atoms with Gasteiger partial charge in [0.1, 0.15) is 12.1 Å². The van der Waals surface area contributed by atoms with Crippen LogP contribution in [0.1, 0.15) is 31.9 Å². The van der Waals surface area contributed by atoms with Crippen LogP contribution in [0.4, 0.5) is 0 Å². The monoisotopic (exact) mass is 279 g/mol. The van der Waals surface area contributed by atoms with Crippen molar-refractivity contribution >= 4 is 23.2 Å². The standard InChI is InChI=1S/C13H17N3O2S/c1-9-12(17)15-5-3-2-4-11(15)13(18)16(9)6-10-7-19-8-14-10/h7-9,11H,2-6H2,1H3. The van der Waals surface area contributed by atoms with E-state index in [4.69, 9.17) is 0 Å². The summed E-state index contributed by atoms with van der Waals surface area (Å²) in [6.07, 6.45) is 2.83. The Bertz CT molecular complexity index is 488. The summed E-state index contributed by atoms with van der Waals surface area (Å²) in [7, 11) is 0. The van der Waals surface area contributed by atoms with E-state index in [-0.39, 0.29) is 23.9 Å². The molecule has 0 aliphatic carbocycles. The summed E-state index contributed by atoms with van der Waals surface area (Å²) in [4.78, 5) is 32.6. The van der Waals surface area contributed by atoms with Gasteiger partial charge in [0, 0.05) is 11.9 Å². The third-order valence-corrected chi connectivity index (χ3v) is 4.63. The first-order chi connectivity index (χ1) is 9.18. The van der Waals surface area contributed by atoms with Gasteiger partial charge in [0.25, 0.3) is 0 Å². The Morgan fingerprint density at radius 2 is 2.21 bits per heavy atom. The smallest absolute Gasteiger partial charge is 0.246 e. The van der Waals surface area contributed by atoms with E-state index in [1.807, 2.05) is 12.3 Å². The fraction of sp³-hybridized carbons (Fsp3) is 0.615. The summed E-state index contributed by atoms with van der Waals surface area (Å²) in [5.41, 5.74) is 2.62. The molecule has 2 atom stereocenters. The average Bonchev–Trinajstić information content (AvgIpc) is 2.94. The molecule has 2 unspecified atom stereocenters. The molecule has 0 saturated carbocycles. The number of carbonyl (C=O) groups excluding carboxylic acids is 2. The fourth-order valence-corrected chi connectivity index (χ4v) is 3.46. The molecule has 2 saturated heterocycles. The van der Waals surface area contributed by atoms with E-state index >= 15 is 0 Å². The highest BCUT2D eigenvalue weighted by Gasteiger charge is 2.44. The summed E-state index contributed by atoms with van der Waals surface area (Å²) < 4.78 is 0. The zero-order valence-electron chi connectivity index (χ0n) is 10.9. The lowest BCUT2D eigenvalue weighted by Crippen LogP contribution is -2.64. The van der Waals surface area contributed by atoms with Crippen LogP contribution in [-0.2, 0) is 16.1 Å². The summed E-state index contributed by atoms with van der Waals surface area (Å²) in [5, 5.41) is 1.93. The summed E-state index contributed by atoms with van der Waals surface area (Å²) in [6.45, 7) is 2.99. The second-order valence-electron chi connectivity index (χ2n) is 5.17. The van der Waals surface area contributed by atoms with Gasteiger partial charge in [-0.15, -0.1) is 11.3 Å². The molecule has 0 bridgehead atoms. The zero-order valence-corrected chi connectivity index (χ0v) is 11.7. The van der Waals surface area contributed by atoms with E-state index in [9.17, 15) is 9.59 Å². The molecule has 1 aromatic rings. The second-order valence-corrected chi connectivity index (χ2v) is 5.88. The summed E-state index contributed by atoms with van der Waals surface area (Å²) in [6, 6.07) is -0.611. The number of amides is 2. The Labute approximate surface area is 116 Å². The number of nitrogens with zero attached hydrogens (tertiary/aromatic N) is 3. The molecular formula is C13H17N3O2S. The number of carbonyl (C=O) groups is 2. The number of hydrogen-bond donors (Lipinski definition) is 0. The van der Waals surface area contributed by atoms with Crippen LogP contribution < -0.4 is 0 Å². The molecular weight excluding hydrogens is 262 g/mol. The quantitative estimate of drug-likeness (QED) is 0.819. The summed E-state index contributed by atoms with van der Waals surface area (Å²) in [5.74, 6) is 0.166. The molecule has 2 fully saturated rings. The molecule has 3 heterocycles. The van der Waals surface area contributed by atoms with Crippen LogP contribution >= 0.6 is 11.3 Å². The number of piperidine rings is 1. The highest BCUT2D eigenvalue weighted by Crippen LogP contribution is 2.27. The number of piperazine rings is 1. The largest absolute Gasteiger partial charge is 0.329 e. The van der Waals surface area contributed by atoms with Gasteiger partial charge in [0.05, 0.1) is 17.7 Å². The Hall–Kier alpha value is -1.43. The third-order valence-electron chi connectivity index (χ3n) is 3.99. The molecule has 2 aliphatic rings. The van der Waals surface area contributed by atoms with E-state index in [1.54, 1.807) is 15.3 Å². The Kier molecular flexibility index (Phi) is 3.26. The Morgan fingerprint density at radius 1 is 1.37 bits per heavy atom. The van der Waals surface area contributed by atoms with Crippen LogP contribution in [0.5, 0.6) is 0 Å². The zero-order chi connectivity index (χ0) is 13.4. The third kappa shape index (κ3) is 2.14. The Morgan fingerprint density at radius 3 is 2.95 bits per heavy atom. The number of hydrogen-bond acceptors (Lipinski definition) is 4. The van der Waals surface area contributed by atoms with Crippen molar-refractivity contribution < 1.29 is 9.59 Å². The van der Waals surface area contributed by atoms with Crippen LogP contribution in [0.15, 0.2) is 10.9 Å². The van der Waals surface area contributed by atoms with E-state index in [0.717, 1.165) is 31.5 Å². The lowest BCUT2D eigenvalue weighted by atomic mass is 9.95. The number of fused-ring (bicyclic) bond motifs is 1. The molecule has 0 N–H and O–H groups in total. The maximum Gasteiger partial charge on any atom is 0.246 e. The highest BCUT2D eigenvalue weighted by molar-refractivity contribution is 7.07. The number of rotatable bonds is 2. The molecule has 0 radical (unpaired) electrons. The SMILES string of the molecule is CC1C(=O)N2CCCCC2C(=O)N1Cc1cscn1. The second kappa shape index (κ2) is 4.92. The van der Waals surface area contributed by atoms with Gasteiger partial charge >= 0.3 is 0 Å². The van der Waals surface area contributed by atoms with E-state index < -0.39 is 0 Å². The van der Waals surface area contributed by atoms with Gasteiger partial charge in [-0.25, -0.2) is 4.98 Å². The molecule has 3 rings (SSSR count). The molecule has 5 nitrogen and oxygen atoms in total. The van der Waals surface area contributed by atoms with Crippen molar-refractivity contribution in [2.24, 2.45) is 0 Å². The molecule has 6 heteroatoms. The van der Waals surface area contributed by atoms with Crippen LogP contribution in [0.3, 0.4) is 0 Å². The predicted octanol–water partition coefficient (Wildman–Crippen LogP) is 1.25. The molecule has 2 amide bonds. The van der Waals surface area contributed by atoms with E-state index in [2.05, 4.69) is 4.98 Å². The van der Waals surface area contributed by atoms with E-state index in [1.165, 1.54) is 11.3 Å². The van der Waals surface area contributed by atoms with Crippen molar-refractivity contribution in [3.63, 3.8) is 0 Å². The first-order valence-corrected chi connectivity index (χ1v) is 7.61. The number of aromatic nitrogens is 1. The van der Waals surface area contributed by atoms with Crippen LogP contribution in [0, 0.1) is 0 Å². The first-order valence-electron chi connectivity index (χ1n) is 6.66. The van der Waals surface area contributed by atoms with Gasteiger partial charge < -0.3 is 9.80 Å². The van der Waals surface area contributed by atoms with Gasteiger partial charge in [0.2, 0.25) is 11.8 Å². The first kappa shape index (κ1) is 12.6. The van der Waals surface area contributed by atoms with Gasteiger partial charge in [-0.2, -0.15) is 0 Å². The molecule has 102 valence electrons. The van der Waals surface area contributed by atoms with Crippen molar-refractivity contribution in [1.82, 2.24) is 14.8 Å². The van der Waals surface area contributed by atoms with Crippen molar-refractivity contribution in [2.45, 2.75) is 44.8 Å². The van der Waals surface area contributed by atoms with Crippen molar-refractivity contribution in [1.29, 1.82) is 0 Å². The van der Waals surface area contributed by atoms with Crippen LogP contribution in [0.25, 0.3) is 0 Å². The van der Waals surface area contributed by atoms with Gasteiger partial charge in [0.15, 0.2) is 0 Å². The Balaban J connectivity index is 1.83. The van der Waals surface area contributed by atoms with E-state index in [0.29, 0.717) is 6.54 Å². The van der Waals surface area contributed by atoms with Crippen molar-refractivity contribution in [3.05, 3.63) is 16.6 Å². The maximum atomic E-state index is 12.5. The maximum absolute atomic E-state index is 12.5. The lowest BCUT2D eigenvalue weighted by Gasteiger charge is -2.45. The van der Waals surface area contributed by atoms with Gasteiger partial charge in [-0.1, -0.05) is 0 Å². The van der Waals surface area contributed by atoms with Crippen molar-refractivity contribution in [2.75, 3.05) is 6.54 Å². The topological polar surface area (TPSA) is 53.5 Å². The summed E-state index contributed by atoms with van der Waals surface area (Å²) >= 11 is 1.51. The van der Waals surface area contributed by atoms with Crippen LogP contribution in [0.2, 0.25) is 0 Å². The fourth-order valence-electron chi connectivity index (χ4n) is 2.91. The molecule has 0 spiro atoms. The van der Waals surface area contributed by atoms with Gasteiger partial charge in [-0.05, 0) is 26.2 Å². The predicted molar refractivity (Wildman–Crippen MR) is 71.5 cm³/mol. The average molecular weight is 279 g/mol. The van der Waals surface area contributed by atoms with Crippen LogP contribution in [-0.4, -0.2) is 45.2 Å². The number of thiazole rings is 1. The highest BCUT2D eigenvalue weighted by atomic mass is 32.1. The normalized spacial score (nSPS) is 27.6. The molecule has 1 aromatic heterocycles. The van der Waals surface area contributed by atoms with Gasteiger partial charge in [-0.3, -0.25) is 9.59 Å². The molecule has 2 aliphatic heterocycles. The molecule has 0 aromatic carbocycles. The molecule has 19 heavy (non-hydrogen) atoms.